The highest BCUT2D eigenvalue weighted by Gasteiger charge is 2.43. The molecule has 1 aliphatic heterocycles. The molecule has 1 unspecified atom stereocenters. The van der Waals surface area contributed by atoms with E-state index in [0.29, 0.717) is 31.2 Å². The molecule has 2 aromatic heterocycles. The van der Waals surface area contributed by atoms with E-state index in [1.807, 2.05) is 85.1 Å². The topological polar surface area (TPSA) is 83.8 Å². The number of ether oxygens (including phenoxy) is 1. The number of halogens is 2. The summed E-state index contributed by atoms with van der Waals surface area (Å²) in [5, 5.41) is 0.682. The molecule has 4 aromatic rings. The predicted molar refractivity (Wildman–Crippen MR) is 190 cm³/mol. The molecule has 1 saturated heterocycles. The van der Waals surface area contributed by atoms with Crippen LogP contribution in [0.3, 0.4) is 0 Å². The lowest BCUT2D eigenvalue weighted by molar-refractivity contribution is -0.141. The second kappa shape index (κ2) is 14.8. The Morgan fingerprint density at radius 2 is 1.85 bits per heavy atom. The minimum atomic E-state index is -0.657. The van der Waals surface area contributed by atoms with Gasteiger partial charge in [-0.25, -0.2) is 9.78 Å². The highest BCUT2D eigenvalue weighted by atomic mass is 79.9. The van der Waals surface area contributed by atoms with Gasteiger partial charge in [-0.2, -0.15) is 0 Å². The first-order valence-corrected chi connectivity index (χ1v) is 17.7. The Morgan fingerprint density at radius 3 is 2.60 bits per heavy atom. The number of amides is 2. The third-order valence-electron chi connectivity index (χ3n) is 8.91. The molecule has 1 fully saturated rings. The molecule has 252 valence electrons. The summed E-state index contributed by atoms with van der Waals surface area (Å²) in [6, 6.07) is 17.3. The van der Waals surface area contributed by atoms with Gasteiger partial charge in [0.1, 0.15) is 11.6 Å². The lowest BCUT2D eigenvalue weighted by Gasteiger charge is -2.46. The van der Waals surface area contributed by atoms with Crippen LogP contribution in [0.4, 0.5) is 4.79 Å². The van der Waals surface area contributed by atoms with E-state index >= 15 is 4.79 Å². The summed E-state index contributed by atoms with van der Waals surface area (Å²) in [6.07, 6.45) is 9.27. The Bertz CT molecular complexity index is 1680. The van der Waals surface area contributed by atoms with Gasteiger partial charge in [-0.15, -0.1) is 0 Å². The number of benzene rings is 2. The molecule has 0 radical (unpaired) electrons. The molecule has 0 N–H and O–H groups in total. The summed E-state index contributed by atoms with van der Waals surface area (Å²) in [4.78, 5) is 43.6. The molecular formula is C37H42BrClN6O3. The smallest absolute Gasteiger partial charge is 0.410 e. The van der Waals surface area contributed by atoms with Crippen molar-refractivity contribution in [1.29, 1.82) is 0 Å². The van der Waals surface area contributed by atoms with Crippen LogP contribution in [0.15, 0.2) is 84.0 Å². The number of rotatable bonds is 8. The van der Waals surface area contributed by atoms with Crippen molar-refractivity contribution >= 4 is 39.5 Å². The molecule has 2 aliphatic rings. The molecule has 2 aromatic carbocycles. The monoisotopic (exact) mass is 732 g/mol. The van der Waals surface area contributed by atoms with E-state index in [4.69, 9.17) is 21.3 Å². The lowest BCUT2D eigenvalue weighted by Crippen LogP contribution is -2.61. The van der Waals surface area contributed by atoms with Gasteiger partial charge in [0.05, 0.1) is 18.1 Å². The van der Waals surface area contributed by atoms with Gasteiger partial charge in [-0.3, -0.25) is 14.7 Å². The number of carbonyl (C=O) groups is 2. The van der Waals surface area contributed by atoms with Crippen LogP contribution in [-0.2, 0) is 35.5 Å². The molecule has 6 rings (SSSR count). The van der Waals surface area contributed by atoms with Crippen LogP contribution in [0, 0.1) is 0 Å². The van der Waals surface area contributed by atoms with Crippen molar-refractivity contribution in [2.75, 3.05) is 26.2 Å². The number of aryl methyl sites for hydroxylation is 3. The summed E-state index contributed by atoms with van der Waals surface area (Å²) in [6.45, 7) is 8.41. The lowest BCUT2D eigenvalue weighted by atomic mass is 9.94. The Hall–Kier alpha value is -3.73. The van der Waals surface area contributed by atoms with Crippen molar-refractivity contribution in [2.24, 2.45) is 0 Å². The van der Waals surface area contributed by atoms with Crippen LogP contribution in [0.1, 0.15) is 61.2 Å². The van der Waals surface area contributed by atoms with Crippen LogP contribution in [0.5, 0.6) is 0 Å². The summed E-state index contributed by atoms with van der Waals surface area (Å²) in [5.41, 5.74) is 4.68. The number of pyridine rings is 1. The Kier molecular flexibility index (Phi) is 10.5. The number of carbonyl (C=O) groups excluding carboxylic acids is 2. The fraction of sp³-hybridized carbons (Fsp3) is 0.405. The van der Waals surface area contributed by atoms with Crippen molar-refractivity contribution < 1.29 is 14.3 Å². The summed E-state index contributed by atoms with van der Waals surface area (Å²) < 4.78 is 8.75. The minimum absolute atomic E-state index is 0.0313. The molecule has 48 heavy (non-hydrogen) atoms. The third-order valence-corrected chi connectivity index (χ3v) is 9.58. The number of aromatic nitrogens is 3. The molecule has 9 nitrogen and oxygen atoms in total. The van der Waals surface area contributed by atoms with E-state index in [1.54, 1.807) is 17.4 Å². The normalized spacial score (nSPS) is 18.1. The first-order valence-electron chi connectivity index (χ1n) is 16.5. The zero-order chi connectivity index (χ0) is 33.8. The van der Waals surface area contributed by atoms with Crippen LogP contribution in [-0.4, -0.2) is 79.1 Å². The zero-order valence-electron chi connectivity index (χ0n) is 27.7. The SMILES string of the molecule is CC(C)(C)OC(=O)N1CCN(C2c3ccc(Cl)cc3CCc3cc(Br)cnc32)[C@@H](C(=O)N(CCCn2ccnc2)Cc2ccccc2)C1. The summed E-state index contributed by atoms with van der Waals surface area (Å²) >= 11 is 10.2. The van der Waals surface area contributed by atoms with Crippen LogP contribution >= 0.6 is 27.5 Å². The number of piperazine rings is 1. The van der Waals surface area contributed by atoms with Crippen molar-refractivity contribution in [3.8, 4) is 0 Å². The maximum absolute atomic E-state index is 15.1. The van der Waals surface area contributed by atoms with Gasteiger partial charge in [0.25, 0.3) is 0 Å². The second-order valence-electron chi connectivity index (χ2n) is 13.5. The van der Waals surface area contributed by atoms with Gasteiger partial charge in [0, 0.05) is 67.4 Å². The first kappa shape index (κ1) is 34.1. The third kappa shape index (κ3) is 8.10. The van der Waals surface area contributed by atoms with Crippen LogP contribution < -0.4 is 0 Å². The van der Waals surface area contributed by atoms with Gasteiger partial charge in [0.2, 0.25) is 5.91 Å². The van der Waals surface area contributed by atoms with Gasteiger partial charge in [-0.1, -0.05) is 48.0 Å². The molecule has 2 atom stereocenters. The van der Waals surface area contributed by atoms with Crippen molar-refractivity contribution in [3.63, 3.8) is 0 Å². The fourth-order valence-electron chi connectivity index (χ4n) is 6.71. The molecule has 1 aliphatic carbocycles. The number of imidazole rings is 1. The zero-order valence-corrected chi connectivity index (χ0v) is 30.0. The van der Waals surface area contributed by atoms with Gasteiger partial charge in [-0.05, 0) is 96.4 Å². The van der Waals surface area contributed by atoms with Gasteiger partial charge in [0.15, 0.2) is 0 Å². The van der Waals surface area contributed by atoms with Crippen molar-refractivity contribution in [3.05, 3.63) is 117 Å². The molecule has 0 saturated carbocycles. The van der Waals surface area contributed by atoms with E-state index in [9.17, 15) is 4.79 Å². The van der Waals surface area contributed by atoms with E-state index in [-0.39, 0.29) is 18.5 Å². The molecule has 0 spiro atoms. The number of fused-ring (bicyclic) bond motifs is 2. The second-order valence-corrected chi connectivity index (χ2v) is 14.9. The maximum atomic E-state index is 15.1. The quantitative estimate of drug-likeness (QED) is 0.196. The van der Waals surface area contributed by atoms with Gasteiger partial charge < -0.3 is 19.1 Å². The minimum Gasteiger partial charge on any atom is -0.444 e. The molecule has 11 heteroatoms. The molecule has 3 heterocycles. The van der Waals surface area contributed by atoms with E-state index < -0.39 is 17.7 Å². The Labute approximate surface area is 296 Å². The fourth-order valence-corrected chi connectivity index (χ4v) is 7.28. The standard InChI is InChI=1S/C37H42BrClN6O3/c1-37(2,3)48-36(47)44-18-19-45(34-31-13-12-30(39)21-27(31)10-11-28-20-29(38)22-41-33(28)34)32(24-44)35(46)43(23-26-8-5-4-6-9-26)16-7-15-42-17-14-40-25-42/h4-6,8-9,12-14,17,20-22,25,32,34H,7,10-11,15-16,18-19,23-24H2,1-3H3/t32-,34?/m1/s1. The summed E-state index contributed by atoms with van der Waals surface area (Å²) in [7, 11) is 0. The molecule has 2 amide bonds. The maximum Gasteiger partial charge on any atom is 0.410 e. The average molecular weight is 734 g/mol. The number of hydrogen-bond acceptors (Lipinski definition) is 6. The first-order chi connectivity index (χ1) is 23.1. The highest BCUT2D eigenvalue weighted by molar-refractivity contribution is 9.10. The average Bonchev–Trinajstić information content (AvgIpc) is 3.52. The number of nitrogens with zero attached hydrogens (tertiary/aromatic N) is 6. The van der Waals surface area contributed by atoms with Crippen LogP contribution in [0.2, 0.25) is 5.02 Å². The predicted octanol–water partition coefficient (Wildman–Crippen LogP) is 6.92. The van der Waals surface area contributed by atoms with E-state index in [0.717, 1.165) is 58.2 Å². The van der Waals surface area contributed by atoms with E-state index in [1.165, 1.54) is 0 Å². The van der Waals surface area contributed by atoms with Crippen molar-refractivity contribution in [2.45, 2.75) is 70.8 Å². The van der Waals surface area contributed by atoms with Crippen molar-refractivity contribution in [1.82, 2.24) is 29.2 Å². The Balaban J connectivity index is 1.40. The van der Waals surface area contributed by atoms with E-state index in [2.05, 4.69) is 37.9 Å². The largest absolute Gasteiger partial charge is 0.444 e. The molecule has 0 bridgehead atoms. The Morgan fingerprint density at radius 1 is 1.06 bits per heavy atom. The summed E-state index contributed by atoms with van der Waals surface area (Å²) in [5.74, 6) is -0.0313. The molecular weight excluding hydrogens is 692 g/mol. The number of hydrogen-bond donors (Lipinski definition) is 0. The van der Waals surface area contributed by atoms with Gasteiger partial charge >= 0.3 is 6.09 Å². The van der Waals surface area contributed by atoms with Crippen LogP contribution in [0.25, 0.3) is 0 Å². The highest BCUT2D eigenvalue weighted by Crippen LogP contribution is 2.40.